The summed E-state index contributed by atoms with van der Waals surface area (Å²) >= 11 is 6.00. The summed E-state index contributed by atoms with van der Waals surface area (Å²) < 4.78 is 0. The molecule has 0 aliphatic heterocycles. The van der Waals surface area contributed by atoms with E-state index in [9.17, 15) is 4.79 Å². The van der Waals surface area contributed by atoms with Crippen LogP contribution in [0.3, 0.4) is 0 Å². The predicted molar refractivity (Wildman–Crippen MR) is 103 cm³/mol. The van der Waals surface area contributed by atoms with E-state index < -0.39 is 0 Å². The third-order valence-electron chi connectivity index (χ3n) is 5.08. The van der Waals surface area contributed by atoms with Crippen LogP contribution in [0.4, 0.5) is 0 Å². The van der Waals surface area contributed by atoms with Crippen molar-refractivity contribution < 1.29 is 4.79 Å². The minimum atomic E-state index is -0.388. The van der Waals surface area contributed by atoms with Crippen LogP contribution in [0.25, 0.3) is 0 Å². The fourth-order valence-electron chi connectivity index (χ4n) is 3.52. The molecule has 1 fully saturated rings. The number of benzene rings is 2. The van der Waals surface area contributed by atoms with Crippen molar-refractivity contribution in [3.8, 4) is 0 Å². The summed E-state index contributed by atoms with van der Waals surface area (Å²) in [4.78, 5) is 15.1. The molecule has 25 heavy (non-hydrogen) atoms. The van der Waals surface area contributed by atoms with Crippen molar-refractivity contribution in [1.29, 1.82) is 0 Å². The number of nitrogens with one attached hydrogen (secondary N) is 1. The molecule has 4 heteroatoms. The average molecular weight is 357 g/mol. The molecule has 0 bridgehead atoms. The molecule has 0 aromatic heterocycles. The maximum absolute atomic E-state index is 13.0. The van der Waals surface area contributed by atoms with Crippen molar-refractivity contribution in [3.05, 3.63) is 70.2 Å². The van der Waals surface area contributed by atoms with E-state index in [1.807, 2.05) is 36.4 Å². The van der Waals surface area contributed by atoms with Crippen LogP contribution < -0.4 is 5.32 Å². The SMILES string of the molecule is CN(C)Cc1ccccc1CNC(=O)C1(c2ccc(Cl)cc2)CCC1. The van der Waals surface area contributed by atoms with E-state index in [4.69, 9.17) is 11.6 Å². The van der Waals surface area contributed by atoms with Gasteiger partial charge in [0, 0.05) is 18.1 Å². The van der Waals surface area contributed by atoms with Crippen LogP contribution in [0.1, 0.15) is 36.0 Å². The minimum absolute atomic E-state index is 0.126. The Morgan fingerprint density at radius 1 is 1.08 bits per heavy atom. The molecule has 0 heterocycles. The first-order valence-electron chi connectivity index (χ1n) is 8.77. The highest BCUT2D eigenvalue weighted by Gasteiger charge is 2.45. The quantitative estimate of drug-likeness (QED) is 0.843. The first-order chi connectivity index (χ1) is 12.0. The van der Waals surface area contributed by atoms with E-state index in [0.717, 1.165) is 31.4 Å². The maximum Gasteiger partial charge on any atom is 0.230 e. The molecule has 2 aromatic carbocycles. The Morgan fingerprint density at radius 2 is 1.72 bits per heavy atom. The van der Waals surface area contributed by atoms with E-state index in [-0.39, 0.29) is 11.3 Å². The molecule has 0 radical (unpaired) electrons. The van der Waals surface area contributed by atoms with Gasteiger partial charge in [0.25, 0.3) is 0 Å². The van der Waals surface area contributed by atoms with Crippen LogP contribution in [0.2, 0.25) is 5.02 Å². The van der Waals surface area contributed by atoms with E-state index in [2.05, 4.69) is 36.4 Å². The Hall–Kier alpha value is -1.84. The standard InChI is InChI=1S/C21H25ClN2O/c1-24(2)15-17-7-4-3-6-16(17)14-23-20(25)21(12-5-13-21)18-8-10-19(22)11-9-18/h3-4,6-11H,5,12-15H2,1-2H3,(H,23,25). The summed E-state index contributed by atoms with van der Waals surface area (Å²) in [5.74, 6) is 0.126. The first-order valence-corrected chi connectivity index (χ1v) is 9.15. The summed E-state index contributed by atoms with van der Waals surface area (Å²) in [6.45, 7) is 1.44. The van der Waals surface area contributed by atoms with Crippen molar-refractivity contribution in [2.45, 2.75) is 37.8 Å². The lowest BCUT2D eigenvalue weighted by molar-refractivity contribution is -0.130. The van der Waals surface area contributed by atoms with Crippen LogP contribution >= 0.6 is 11.6 Å². The van der Waals surface area contributed by atoms with Gasteiger partial charge in [-0.1, -0.05) is 54.4 Å². The predicted octanol–water partition coefficient (Wildman–Crippen LogP) is 4.14. The Labute approximate surface area is 155 Å². The highest BCUT2D eigenvalue weighted by Crippen LogP contribution is 2.44. The molecule has 0 spiro atoms. The highest BCUT2D eigenvalue weighted by molar-refractivity contribution is 6.30. The molecule has 1 N–H and O–H groups in total. The van der Waals surface area contributed by atoms with E-state index in [1.54, 1.807) is 0 Å². The Morgan fingerprint density at radius 3 is 2.28 bits per heavy atom. The van der Waals surface area contributed by atoms with Crippen LogP contribution in [0.15, 0.2) is 48.5 Å². The molecule has 3 rings (SSSR count). The number of carbonyl (C=O) groups excluding carboxylic acids is 1. The van der Waals surface area contributed by atoms with Gasteiger partial charge >= 0.3 is 0 Å². The molecule has 0 atom stereocenters. The lowest BCUT2D eigenvalue weighted by Gasteiger charge is -2.40. The zero-order valence-corrected chi connectivity index (χ0v) is 15.6. The summed E-state index contributed by atoms with van der Waals surface area (Å²) in [6.07, 6.45) is 2.90. The topological polar surface area (TPSA) is 32.3 Å². The van der Waals surface area contributed by atoms with Crippen molar-refractivity contribution in [1.82, 2.24) is 10.2 Å². The third-order valence-corrected chi connectivity index (χ3v) is 5.33. The van der Waals surface area contributed by atoms with Crippen LogP contribution in [0.5, 0.6) is 0 Å². The summed E-state index contributed by atoms with van der Waals surface area (Å²) in [5.41, 5.74) is 3.11. The maximum atomic E-state index is 13.0. The molecular formula is C21H25ClN2O. The monoisotopic (exact) mass is 356 g/mol. The van der Waals surface area contributed by atoms with Gasteiger partial charge in [0.1, 0.15) is 0 Å². The number of amides is 1. The average Bonchev–Trinajstić information content (AvgIpc) is 2.54. The van der Waals surface area contributed by atoms with Gasteiger partial charge in [0.05, 0.1) is 5.41 Å². The second kappa shape index (κ2) is 7.59. The van der Waals surface area contributed by atoms with Crippen molar-refractivity contribution in [2.75, 3.05) is 14.1 Å². The first kappa shape index (κ1) is 18.0. The van der Waals surface area contributed by atoms with Crippen LogP contribution in [0, 0.1) is 0 Å². The van der Waals surface area contributed by atoms with Crippen LogP contribution in [-0.2, 0) is 23.3 Å². The van der Waals surface area contributed by atoms with Crippen molar-refractivity contribution in [2.24, 2.45) is 0 Å². The molecule has 132 valence electrons. The van der Waals surface area contributed by atoms with Gasteiger partial charge in [0.2, 0.25) is 5.91 Å². The second-order valence-electron chi connectivity index (χ2n) is 7.13. The smallest absolute Gasteiger partial charge is 0.230 e. The number of halogens is 1. The number of carbonyl (C=O) groups is 1. The second-order valence-corrected chi connectivity index (χ2v) is 7.57. The minimum Gasteiger partial charge on any atom is -0.351 e. The molecular weight excluding hydrogens is 332 g/mol. The molecule has 1 aliphatic rings. The Kier molecular flexibility index (Phi) is 5.45. The number of nitrogens with zero attached hydrogens (tertiary/aromatic N) is 1. The van der Waals surface area contributed by atoms with E-state index >= 15 is 0 Å². The Bertz CT molecular complexity index is 736. The fraction of sp³-hybridized carbons (Fsp3) is 0.381. The largest absolute Gasteiger partial charge is 0.351 e. The molecule has 2 aromatic rings. The van der Waals surface area contributed by atoms with Crippen LogP contribution in [-0.4, -0.2) is 24.9 Å². The highest BCUT2D eigenvalue weighted by atomic mass is 35.5. The van der Waals surface area contributed by atoms with Gasteiger partial charge in [-0.05, 0) is 55.8 Å². The molecule has 1 aliphatic carbocycles. The van der Waals surface area contributed by atoms with Gasteiger partial charge in [-0.2, -0.15) is 0 Å². The lowest BCUT2D eigenvalue weighted by Crippen LogP contribution is -2.49. The third kappa shape index (κ3) is 3.88. The molecule has 1 amide bonds. The molecule has 3 nitrogen and oxygen atoms in total. The number of hydrogen-bond acceptors (Lipinski definition) is 2. The molecule has 1 saturated carbocycles. The van der Waals surface area contributed by atoms with Gasteiger partial charge in [0.15, 0.2) is 0 Å². The molecule has 0 saturated heterocycles. The van der Waals surface area contributed by atoms with Crippen molar-refractivity contribution >= 4 is 17.5 Å². The lowest BCUT2D eigenvalue weighted by atomic mass is 9.64. The zero-order chi connectivity index (χ0) is 17.9. The summed E-state index contributed by atoms with van der Waals surface area (Å²) in [7, 11) is 4.11. The van der Waals surface area contributed by atoms with Crippen molar-refractivity contribution in [3.63, 3.8) is 0 Å². The number of hydrogen-bond donors (Lipinski definition) is 1. The zero-order valence-electron chi connectivity index (χ0n) is 14.9. The van der Waals surface area contributed by atoms with Gasteiger partial charge in [-0.3, -0.25) is 4.79 Å². The molecule has 0 unspecified atom stereocenters. The van der Waals surface area contributed by atoms with Gasteiger partial charge in [-0.15, -0.1) is 0 Å². The van der Waals surface area contributed by atoms with Gasteiger partial charge in [-0.25, -0.2) is 0 Å². The van der Waals surface area contributed by atoms with E-state index in [1.165, 1.54) is 11.1 Å². The Balaban J connectivity index is 1.73. The van der Waals surface area contributed by atoms with Gasteiger partial charge < -0.3 is 10.2 Å². The summed E-state index contributed by atoms with van der Waals surface area (Å²) in [6, 6.07) is 16.0. The normalized spacial score (nSPS) is 15.7. The number of rotatable bonds is 6. The summed E-state index contributed by atoms with van der Waals surface area (Å²) in [5, 5.41) is 3.88. The fourth-order valence-corrected chi connectivity index (χ4v) is 3.64. The van der Waals surface area contributed by atoms with E-state index in [0.29, 0.717) is 11.6 Å².